The summed E-state index contributed by atoms with van der Waals surface area (Å²) in [5.41, 5.74) is 6.46. The molecule has 4 heterocycles. The van der Waals surface area contributed by atoms with Crippen LogP contribution >= 0.6 is 11.8 Å². The van der Waals surface area contributed by atoms with Crippen LogP contribution < -0.4 is 5.73 Å². The van der Waals surface area contributed by atoms with Gasteiger partial charge in [0.1, 0.15) is 10.9 Å². The largest absolute Gasteiger partial charge is 0.434 e. The molecule has 164 valence electrons. The number of likely N-dealkylation sites (tertiary alicyclic amines) is 1. The van der Waals surface area contributed by atoms with Crippen LogP contribution in [0.3, 0.4) is 0 Å². The Morgan fingerprint density at radius 2 is 1.97 bits per heavy atom. The monoisotopic (exact) mass is 448 g/mol. The first-order chi connectivity index (χ1) is 14.8. The van der Waals surface area contributed by atoms with Crippen molar-refractivity contribution in [2.75, 3.05) is 13.1 Å². The fraction of sp³-hybridized carbons (Fsp3) is 0.524. The number of alkyl halides is 3. The molecule has 1 saturated heterocycles. The molecule has 6 nitrogen and oxygen atoms in total. The van der Waals surface area contributed by atoms with E-state index in [1.165, 1.54) is 31.2 Å². The first-order valence-electron chi connectivity index (χ1n) is 10.5. The van der Waals surface area contributed by atoms with Crippen molar-refractivity contribution in [1.29, 1.82) is 0 Å². The number of fused-ring (bicyclic) bond motifs is 1. The molecular formula is C21H23F3N6S. The lowest BCUT2D eigenvalue weighted by atomic mass is 9.74. The van der Waals surface area contributed by atoms with Crippen LogP contribution in [0.4, 0.5) is 19.0 Å². The first-order valence-corrected chi connectivity index (χ1v) is 11.3. The minimum absolute atomic E-state index is 0.0117. The molecule has 2 aliphatic heterocycles. The number of aliphatic imine (C=N–C) groups is 1. The minimum Gasteiger partial charge on any atom is -0.360 e. The third kappa shape index (κ3) is 3.91. The molecule has 0 bridgehead atoms. The maximum atomic E-state index is 13.2. The Kier molecular flexibility index (Phi) is 5.16. The number of aromatic nitrogens is 3. The fourth-order valence-electron chi connectivity index (χ4n) is 4.95. The summed E-state index contributed by atoms with van der Waals surface area (Å²) in [4.78, 5) is 19.3. The topological polar surface area (TPSA) is 80.3 Å². The van der Waals surface area contributed by atoms with E-state index in [1.807, 2.05) is 0 Å². The van der Waals surface area contributed by atoms with E-state index in [1.54, 1.807) is 0 Å². The van der Waals surface area contributed by atoms with Crippen molar-refractivity contribution in [3.05, 3.63) is 35.9 Å². The summed E-state index contributed by atoms with van der Waals surface area (Å²) in [7, 11) is 0. The van der Waals surface area contributed by atoms with Gasteiger partial charge in [0.2, 0.25) is 0 Å². The maximum absolute atomic E-state index is 13.2. The van der Waals surface area contributed by atoms with Crippen molar-refractivity contribution >= 4 is 23.4 Å². The van der Waals surface area contributed by atoms with Crippen molar-refractivity contribution in [2.45, 2.75) is 60.7 Å². The summed E-state index contributed by atoms with van der Waals surface area (Å²) in [5, 5.41) is 0.406. The van der Waals surface area contributed by atoms with E-state index in [9.17, 15) is 13.2 Å². The first kappa shape index (κ1) is 20.7. The van der Waals surface area contributed by atoms with E-state index >= 15 is 0 Å². The summed E-state index contributed by atoms with van der Waals surface area (Å²) in [6, 6.07) is 3.18. The molecule has 5 rings (SSSR count). The van der Waals surface area contributed by atoms with Crippen molar-refractivity contribution in [3.8, 4) is 0 Å². The standard InChI is InChI=1S/C21H23F3N6S/c22-21(23,24)18-14(3-2-8-26-18)31-17-12-27-19-13(28-17)11-16(29-19)30-9-6-20(7-10-30)5-1-4-15(20)25/h2-3,8,12,15H,1,4-7,9-11,25H2/t15-/m1/s1. The lowest BCUT2D eigenvalue weighted by Gasteiger charge is -2.42. The number of rotatable bonds is 2. The van der Waals surface area contributed by atoms with Crippen LogP contribution in [0, 0.1) is 5.41 Å². The van der Waals surface area contributed by atoms with Crippen molar-refractivity contribution < 1.29 is 13.2 Å². The number of piperidine rings is 1. The Labute approximate surface area is 182 Å². The molecule has 2 fully saturated rings. The van der Waals surface area contributed by atoms with Gasteiger partial charge in [-0.2, -0.15) is 13.2 Å². The van der Waals surface area contributed by atoms with Gasteiger partial charge in [0.25, 0.3) is 0 Å². The van der Waals surface area contributed by atoms with Gasteiger partial charge in [0.15, 0.2) is 11.5 Å². The highest BCUT2D eigenvalue weighted by molar-refractivity contribution is 7.99. The van der Waals surface area contributed by atoms with E-state index in [0.29, 0.717) is 29.0 Å². The summed E-state index contributed by atoms with van der Waals surface area (Å²) in [6.07, 6.45) is 4.36. The number of nitrogens with zero attached hydrogens (tertiary/aromatic N) is 5. The van der Waals surface area contributed by atoms with Crippen molar-refractivity contribution in [2.24, 2.45) is 16.1 Å². The van der Waals surface area contributed by atoms with Gasteiger partial charge in [-0.05, 0) is 43.2 Å². The predicted molar refractivity (Wildman–Crippen MR) is 111 cm³/mol. The molecule has 1 spiro atoms. The van der Waals surface area contributed by atoms with Gasteiger partial charge in [0, 0.05) is 30.2 Å². The Morgan fingerprint density at radius 1 is 1.16 bits per heavy atom. The summed E-state index contributed by atoms with van der Waals surface area (Å²) < 4.78 is 39.7. The van der Waals surface area contributed by atoms with Gasteiger partial charge in [-0.15, -0.1) is 0 Å². The molecule has 31 heavy (non-hydrogen) atoms. The fourth-order valence-corrected chi connectivity index (χ4v) is 5.85. The number of pyridine rings is 1. The van der Waals surface area contributed by atoms with Gasteiger partial charge in [-0.25, -0.2) is 15.0 Å². The Hall–Kier alpha value is -2.20. The molecule has 3 aliphatic rings. The summed E-state index contributed by atoms with van der Waals surface area (Å²) in [6.45, 7) is 1.85. The van der Waals surface area contributed by atoms with E-state index in [2.05, 4.69) is 24.8 Å². The number of amidine groups is 1. The molecule has 2 aromatic rings. The van der Waals surface area contributed by atoms with Gasteiger partial charge in [-0.1, -0.05) is 18.2 Å². The van der Waals surface area contributed by atoms with Crippen LogP contribution in [0.1, 0.15) is 43.5 Å². The van der Waals surface area contributed by atoms with Gasteiger partial charge >= 0.3 is 6.18 Å². The summed E-state index contributed by atoms with van der Waals surface area (Å²) >= 11 is 0.922. The van der Waals surface area contributed by atoms with Crippen LogP contribution in [-0.4, -0.2) is 44.8 Å². The van der Waals surface area contributed by atoms with Gasteiger partial charge in [-0.3, -0.25) is 4.98 Å². The molecule has 1 aliphatic carbocycles. The van der Waals surface area contributed by atoms with Crippen LogP contribution in [0.5, 0.6) is 0 Å². The minimum atomic E-state index is -4.52. The van der Waals surface area contributed by atoms with E-state index in [0.717, 1.165) is 56.1 Å². The van der Waals surface area contributed by atoms with E-state index < -0.39 is 11.9 Å². The van der Waals surface area contributed by atoms with Crippen molar-refractivity contribution in [3.63, 3.8) is 0 Å². The number of nitrogens with two attached hydrogens (primary N) is 1. The third-order valence-corrected chi connectivity index (χ3v) is 7.67. The van der Waals surface area contributed by atoms with Gasteiger partial charge in [0.05, 0.1) is 18.3 Å². The Bertz CT molecular complexity index is 1020. The van der Waals surface area contributed by atoms with Crippen LogP contribution in [-0.2, 0) is 12.6 Å². The second kappa shape index (κ2) is 7.74. The van der Waals surface area contributed by atoms with Crippen LogP contribution in [0.25, 0.3) is 0 Å². The van der Waals surface area contributed by atoms with E-state index in [-0.39, 0.29) is 10.3 Å². The molecule has 0 amide bonds. The highest BCUT2D eigenvalue weighted by Gasteiger charge is 2.43. The molecule has 1 atom stereocenters. The molecule has 2 aromatic heterocycles. The SMILES string of the molecule is N[C@@H]1CCCC12CCN(C1=Nc3ncc(Sc4cccnc4C(F)(F)F)nc3C1)CC2. The van der Waals surface area contributed by atoms with Crippen LogP contribution in [0.2, 0.25) is 0 Å². The van der Waals surface area contributed by atoms with Gasteiger partial charge < -0.3 is 10.6 Å². The summed E-state index contributed by atoms with van der Waals surface area (Å²) in [5.74, 6) is 1.50. The molecule has 0 aromatic carbocycles. The quantitative estimate of drug-likeness (QED) is 0.741. The lowest BCUT2D eigenvalue weighted by molar-refractivity contribution is -0.143. The van der Waals surface area contributed by atoms with Crippen molar-refractivity contribution in [1.82, 2.24) is 19.9 Å². The average molecular weight is 449 g/mol. The smallest absolute Gasteiger partial charge is 0.360 e. The van der Waals surface area contributed by atoms with E-state index in [4.69, 9.17) is 5.73 Å². The molecule has 1 saturated carbocycles. The van der Waals surface area contributed by atoms with Crippen LogP contribution in [0.15, 0.2) is 39.4 Å². The molecule has 2 N–H and O–H groups in total. The number of halogens is 3. The highest BCUT2D eigenvalue weighted by atomic mass is 32.2. The lowest BCUT2D eigenvalue weighted by Crippen LogP contribution is -2.48. The second-order valence-corrected chi connectivity index (χ2v) is 9.54. The normalized spacial score (nSPS) is 22.6. The zero-order valence-corrected chi connectivity index (χ0v) is 17.7. The second-order valence-electron chi connectivity index (χ2n) is 8.48. The maximum Gasteiger partial charge on any atom is 0.434 e. The Balaban J connectivity index is 1.28. The average Bonchev–Trinajstić information content (AvgIpc) is 3.32. The number of hydrogen-bond acceptors (Lipinski definition) is 7. The zero-order chi connectivity index (χ0) is 21.6. The molecule has 0 unspecified atom stereocenters. The highest BCUT2D eigenvalue weighted by Crippen LogP contribution is 2.46. The molecular weight excluding hydrogens is 425 g/mol. The molecule has 0 radical (unpaired) electrons. The number of hydrogen-bond donors (Lipinski definition) is 1. The third-order valence-electron chi connectivity index (χ3n) is 6.72. The zero-order valence-electron chi connectivity index (χ0n) is 16.9. The Morgan fingerprint density at radius 3 is 2.68 bits per heavy atom. The predicted octanol–water partition coefficient (Wildman–Crippen LogP) is 4.22. The molecule has 10 heteroatoms.